The molecule has 2 aromatic rings. The van der Waals surface area contributed by atoms with E-state index in [4.69, 9.17) is 8.85 Å². The highest BCUT2D eigenvalue weighted by molar-refractivity contribution is 6.81. The zero-order chi connectivity index (χ0) is 15.5. The van der Waals surface area contributed by atoms with Crippen LogP contribution < -0.4 is 5.19 Å². The van der Waals surface area contributed by atoms with Gasteiger partial charge in [0.15, 0.2) is 0 Å². The van der Waals surface area contributed by atoms with Gasteiger partial charge in [0.1, 0.15) is 11.6 Å². The molecule has 0 saturated heterocycles. The van der Waals surface area contributed by atoms with Crippen molar-refractivity contribution in [3.63, 3.8) is 0 Å². The summed E-state index contributed by atoms with van der Waals surface area (Å²) >= 11 is 0. The van der Waals surface area contributed by atoms with Crippen LogP contribution in [-0.2, 0) is 8.85 Å². The normalized spacial score (nSPS) is 11.7. The third-order valence-corrected chi connectivity index (χ3v) is 7.15. The van der Waals surface area contributed by atoms with Crippen molar-refractivity contribution >= 4 is 13.7 Å². The Labute approximate surface area is 124 Å². The van der Waals surface area contributed by atoms with E-state index in [1.54, 1.807) is 26.4 Å². The Morgan fingerprint density at radius 3 is 2.05 bits per heavy atom. The van der Waals surface area contributed by atoms with Crippen molar-refractivity contribution < 1.29 is 17.6 Å². The van der Waals surface area contributed by atoms with Crippen LogP contribution in [0.2, 0.25) is 6.04 Å². The molecule has 2 nitrogen and oxygen atoms in total. The van der Waals surface area contributed by atoms with Gasteiger partial charge < -0.3 is 8.85 Å². The molecule has 0 aliphatic carbocycles. The Hall–Kier alpha value is -1.56. The highest BCUT2D eigenvalue weighted by Crippen LogP contribution is 2.23. The topological polar surface area (TPSA) is 18.5 Å². The number of hydrogen-bond acceptors (Lipinski definition) is 2. The van der Waals surface area contributed by atoms with Gasteiger partial charge in [0.2, 0.25) is 0 Å². The van der Waals surface area contributed by atoms with E-state index in [0.717, 1.165) is 17.3 Å². The zero-order valence-electron chi connectivity index (χ0n) is 12.3. The smallest absolute Gasteiger partial charge is 0.371 e. The van der Waals surface area contributed by atoms with Crippen molar-refractivity contribution in [1.29, 1.82) is 0 Å². The first-order valence-corrected chi connectivity index (χ1v) is 8.75. The van der Waals surface area contributed by atoms with E-state index < -0.39 is 20.2 Å². The van der Waals surface area contributed by atoms with Crippen LogP contribution in [0.15, 0.2) is 42.5 Å². The van der Waals surface area contributed by atoms with Crippen molar-refractivity contribution in [3.8, 4) is 11.1 Å². The van der Waals surface area contributed by atoms with Crippen LogP contribution >= 0.6 is 0 Å². The summed E-state index contributed by atoms with van der Waals surface area (Å²) in [6.07, 6.45) is 0. The SMILES string of the molecule is CC[Si](OC)(OC)c1ccc(-c2ccc(F)cc2F)cc1. The Morgan fingerprint density at radius 2 is 1.57 bits per heavy atom. The fourth-order valence-electron chi connectivity index (χ4n) is 2.44. The molecule has 0 fully saturated rings. The first-order valence-electron chi connectivity index (χ1n) is 6.72. The van der Waals surface area contributed by atoms with E-state index >= 15 is 0 Å². The minimum Gasteiger partial charge on any atom is -0.394 e. The quantitative estimate of drug-likeness (QED) is 0.786. The zero-order valence-corrected chi connectivity index (χ0v) is 13.3. The Kier molecular flexibility index (Phi) is 4.87. The Bertz CT molecular complexity index is 602. The second kappa shape index (κ2) is 6.47. The largest absolute Gasteiger partial charge is 0.394 e. The van der Waals surface area contributed by atoms with E-state index in [1.807, 2.05) is 19.1 Å². The molecule has 0 aliphatic rings. The van der Waals surface area contributed by atoms with E-state index in [0.29, 0.717) is 11.1 Å². The van der Waals surface area contributed by atoms with Crippen LogP contribution in [0.4, 0.5) is 8.78 Å². The maximum absolute atomic E-state index is 13.8. The molecular formula is C16H18F2O2Si. The molecule has 0 unspecified atom stereocenters. The van der Waals surface area contributed by atoms with Crippen LogP contribution in [0.25, 0.3) is 11.1 Å². The molecule has 5 heteroatoms. The van der Waals surface area contributed by atoms with Crippen molar-refractivity contribution in [3.05, 3.63) is 54.1 Å². The van der Waals surface area contributed by atoms with Gasteiger partial charge in [0, 0.05) is 25.8 Å². The lowest BCUT2D eigenvalue weighted by atomic mass is 10.1. The maximum atomic E-state index is 13.8. The standard InChI is InChI=1S/C16H18F2O2Si/c1-4-21(19-2,20-3)14-8-5-12(6-9-14)15-10-7-13(17)11-16(15)18/h5-11H,4H2,1-3H3. The maximum Gasteiger partial charge on any atom is 0.371 e. The molecule has 0 aliphatic heterocycles. The van der Waals surface area contributed by atoms with Gasteiger partial charge in [-0.15, -0.1) is 0 Å². The predicted octanol–water partition coefficient (Wildman–Crippen LogP) is 3.59. The number of hydrogen-bond donors (Lipinski definition) is 0. The summed E-state index contributed by atoms with van der Waals surface area (Å²) in [6, 6.07) is 11.8. The molecule has 0 spiro atoms. The van der Waals surface area contributed by atoms with Crippen LogP contribution in [-0.4, -0.2) is 22.8 Å². The van der Waals surface area contributed by atoms with Crippen molar-refractivity contribution in [2.75, 3.05) is 14.2 Å². The highest BCUT2D eigenvalue weighted by atomic mass is 28.4. The minimum atomic E-state index is -2.39. The van der Waals surface area contributed by atoms with Gasteiger partial charge in [-0.1, -0.05) is 31.2 Å². The number of halogens is 2. The molecule has 2 rings (SSSR count). The van der Waals surface area contributed by atoms with Crippen LogP contribution in [0.5, 0.6) is 0 Å². The first kappa shape index (κ1) is 15.8. The van der Waals surface area contributed by atoms with Crippen LogP contribution in [0.3, 0.4) is 0 Å². The lowest BCUT2D eigenvalue weighted by Crippen LogP contribution is -2.51. The molecule has 0 saturated carbocycles. The van der Waals surface area contributed by atoms with Gasteiger partial charge >= 0.3 is 8.56 Å². The molecule has 112 valence electrons. The predicted molar refractivity (Wildman–Crippen MR) is 81.7 cm³/mol. The second-order valence-electron chi connectivity index (χ2n) is 4.72. The van der Waals surface area contributed by atoms with E-state index in [1.165, 1.54) is 12.1 Å². The summed E-state index contributed by atoms with van der Waals surface area (Å²) in [5, 5.41) is 0.987. The molecule has 0 bridgehead atoms. The fourth-order valence-corrected chi connectivity index (χ4v) is 4.74. The summed E-state index contributed by atoms with van der Waals surface area (Å²) in [4.78, 5) is 0. The van der Waals surface area contributed by atoms with Gasteiger partial charge in [-0.25, -0.2) is 8.78 Å². The fraction of sp³-hybridized carbons (Fsp3) is 0.250. The van der Waals surface area contributed by atoms with Gasteiger partial charge in [-0.05, 0) is 28.9 Å². The summed E-state index contributed by atoms with van der Waals surface area (Å²) in [6.45, 7) is 2.02. The Balaban J connectivity index is 2.39. The van der Waals surface area contributed by atoms with Gasteiger partial charge in [0.25, 0.3) is 0 Å². The first-order chi connectivity index (χ1) is 10.1. The number of benzene rings is 2. The monoisotopic (exact) mass is 308 g/mol. The van der Waals surface area contributed by atoms with Crippen molar-refractivity contribution in [1.82, 2.24) is 0 Å². The van der Waals surface area contributed by atoms with Crippen molar-refractivity contribution in [2.45, 2.75) is 13.0 Å². The number of rotatable bonds is 5. The molecule has 2 aromatic carbocycles. The molecule has 0 N–H and O–H groups in total. The minimum absolute atomic E-state index is 0.376. The summed E-state index contributed by atoms with van der Waals surface area (Å²) in [5.74, 6) is -1.15. The lowest BCUT2D eigenvalue weighted by Gasteiger charge is -2.26. The lowest BCUT2D eigenvalue weighted by molar-refractivity contribution is 0.259. The van der Waals surface area contributed by atoms with Gasteiger partial charge in [0.05, 0.1) is 0 Å². The second-order valence-corrected chi connectivity index (χ2v) is 8.32. The van der Waals surface area contributed by atoms with Crippen LogP contribution in [0, 0.1) is 11.6 Å². The third kappa shape index (κ3) is 3.05. The summed E-state index contributed by atoms with van der Waals surface area (Å²) in [7, 11) is 0.898. The molecule has 0 atom stereocenters. The third-order valence-electron chi connectivity index (χ3n) is 3.69. The summed E-state index contributed by atoms with van der Waals surface area (Å²) in [5.41, 5.74) is 1.07. The van der Waals surface area contributed by atoms with E-state index in [-0.39, 0.29) is 0 Å². The van der Waals surface area contributed by atoms with E-state index in [9.17, 15) is 8.78 Å². The summed E-state index contributed by atoms with van der Waals surface area (Å²) < 4.78 is 37.9. The average molecular weight is 308 g/mol. The molecular weight excluding hydrogens is 290 g/mol. The van der Waals surface area contributed by atoms with Gasteiger partial charge in [-0.2, -0.15) is 0 Å². The molecule has 0 amide bonds. The Morgan fingerprint density at radius 1 is 0.952 bits per heavy atom. The van der Waals surface area contributed by atoms with E-state index in [2.05, 4.69) is 0 Å². The molecule has 0 heterocycles. The average Bonchev–Trinajstić information content (AvgIpc) is 2.50. The molecule has 0 radical (unpaired) electrons. The van der Waals surface area contributed by atoms with Crippen LogP contribution in [0.1, 0.15) is 6.92 Å². The molecule has 0 aromatic heterocycles. The highest BCUT2D eigenvalue weighted by Gasteiger charge is 2.35. The van der Waals surface area contributed by atoms with Crippen molar-refractivity contribution in [2.24, 2.45) is 0 Å². The molecule has 21 heavy (non-hydrogen) atoms. The van der Waals surface area contributed by atoms with Gasteiger partial charge in [-0.3, -0.25) is 0 Å².